The summed E-state index contributed by atoms with van der Waals surface area (Å²) in [5.41, 5.74) is 4.77. The average Bonchev–Trinajstić information content (AvgIpc) is 2.83. The maximum absolute atomic E-state index is 2.72. The summed E-state index contributed by atoms with van der Waals surface area (Å²) < 4.78 is 2.72. The second-order valence-corrected chi connectivity index (χ2v) is 19.3. The number of benzene rings is 1. The van der Waals surface area contributed by atoms with Crippen LogP contribution in [0.5, 0.6) is 0 Å². The second kappa shape index (κ2) is 7.67. The molecule has 2 rings (SSSR count). The molecule has 25 heavy (non-hydrogen) atoms. The Kier molecular flexibility index (Phi) is 6.21. The van der Waals surface area contributed by atoms with Crippen LogP contribution >= 0.6 is 0 Å². The van der Waals surface area contributed by atoms with Crippen molar-refractivity contribution in [3.05, 3.63) is 41.5 Å². The summed E-state index contributed by atoms with van der Waals surface area (Å²) in [4.78, 5) is 0. The van der Waals surface area contributed by atoms with Gasteiger partial charge in [0.25, 0.3) is 0 Å². The highest BCUT2D eigenvalue weighted by Gasteiger charge is 2.35. The zero-order valence-corrected chi connectivity index (χ0v) is 19.7. The summed E-state index contributed by atoms with van der Waals surface area (Å²) in [5.74, 6) is 0. The largest absolute Gasteiger partial charge is 0.326 e. The van der Waals surface area contributed by atoms with Gasteiger partial charge >= 0.3 is 0 Å². The standard InChI is InChI=1S/C22H37NSi2/c1-9-14-19-20(15-10-2)22(25(6,7)8)23(21(19)24(3,4)5)18-16-12-11-13-17-18/h11-13,16-17H,9-10,14-15H2,1-8H3. The van der Waals surface area contributed by atoms with Crippen molar-refractivity contribution in [2.45, 2.75) is 78.8 Å². The quantitative estimate of drug-likeness (QED) is 0.568. The normalized spacial score (nSPS) is 12.6. The van der Waals surface area contributed by atoms with E-state index in [9.17, 15) is 0 Å². The molecule has 0 spiro atoms. The Hall–Kier alpha value is -1.07. The maximum Gasteiger partial charge on any atom is 0.0993 e. The van der Waals surface area contributed by atoms with Crippen LogP contribution in [0.2, 0.25) is 39.3 Å². The van der Waals surface area contributed by atoms with Gasteiger partial charge in [0, 0.05) is 16.3 Å². The highest BCUT2D eigenvalue weighted by Crippen LogP contribution is 2.23. The van der Waals surface area contributed by atoms with Gasteiger partial charge in [-0.05, 0) is 36.1 Å². The zero-order chi connectivity index (χ0) is 18.8. The van der Waals surface area contributed by atoms with E-state index in [-0.39, 0.29) is 0 Å². The zero-order valence-electron chi connectivity index (χ0n) is 17.7. The molecule has 0 aliphatic heterocycles. The lowest BCUT2D eigenvalue weighted by molar-refractivity contribution is 0.874. The van der Waals surface area contributed by atoms with Crippen molar-refractivity contribution in [3.8, 4) is 5.69 Å². The number of rotatable bonds is 7. The molecule has 0 fully saturated rings. The van der Waals surface area contributed by atoms with E-state index in [4.69, 9.17) is 0 Å². The van der Waals surface area contributed by atoms with E-state index < -0.39 is 16.1 Å². The third-order valence-corrected chi connectivity index (χ3v) is 8.71. The van der Waals surface area contributed by atoms with E-state index in [0.717, 1.165) is 0 Å². The van der Waals surface area contributed by atoms with Gasteiger partial charge in [0.2, 0.25) is 0 Å². The van der Waals surface area contributed by atoms with Crippen molar-refractivity contribution in [3.63, 3.8) is 0 Å². The fraction of sp³-hybridized carbons (Fsp3) is 0.545. The highest BCUT2D eigenvalue weighted by atomic mass is 28.3. The molecule has 0 radical (unpaired) electrons. The number of hydrogen-bond acceptors (Lipinski definition) is 0. The van der Waals surface area contributed by atoms with Gasteiger partial charge in [-0.1, -0.05) is 84.2 Å². The first-order valence-electron chi connectivity index (χ1n) is 9.95. The van der Waals surface area contributed by atoms with E-state index >= 15 is 0 Å². The molecule has 3 heteroatoms. The molecule has 1 aromatic carbocycles. The van der Waals surface area contributed by atoms with E-state index in [1.165, 1.54) is 31.4 Å². The van der Waals surface area contributed by atoms with Crippen LogP contribution in [0.3, 0.4) is 0 Å². The first-order chi connectivity index (χ1) is 11.6. The number of nitrogens with zero attached hydrogens (tertiary/aromatic N) is 1. The lowest BCUT2D eigenvalue weighted by Gasteiger charge is -2.27. The molecular formula is C22H37NSi2. The monoisotopic (exact) mass is 371 g/mol. The topological polar surface area (TPSA) is 4.93 Å². The molecule has 0 N–H and O–H groups in total. The molecular weight excluding hydrogens is 334 g/mol. The van der Waals surface area contributed by atoms with E-state index in [1.807, 2.05) is 0 Å². The number of aromatic nitrogens is 1. The van der Waals surface area contributed by atoms with Gasteiger partial charge in [-0.3, -0.25) is 0 Å². The van der Waals surface area contributed by atoms with Crippen LogP contribution in [0.1, 0.15) is 37.8 Å². The molecule has 2 aromatic rings. The molecule has 1 nitrogen and oxygen atoms in total. The predicted molar refractivity (Wildman–Crippen MR) is 120 cm³/mol. The van der Waals surface area contributed by atoms with Gasteiger partial charge in [-0.2, -0.15) is 0 Å². The fourth-order valence-electron chi connectivity index (χ4n) is 4.12. The molecule has 0 aliphatic rings. The molecule has 0 saturated heterocycles. The predicted octanol–water partition coefficient (Wildman–Crippen LogP) is 5.47. The minimum Gasteiger partial charge on any atom is -0.326 e. The SMILES string of the molecule is CCCc1c(CCC)c([Si](C)(C)C)n(-c2ccccc2)c1[Si](C)(C)C. The first-order valence-corrected chi connectivity index (χ1v) is 17.0. The minimum atomic E-state index is -1.48. The Bertz CT molecular complexity index is 659. The molecule has 0 atom stereocenters. The number of para-hydroxylation sites is 1. The van der Waals surface area contributed by atoms with Crippen LogP contribution in [-0.2, 0) is 12.8 Å². The van der Waals surface area contributed by atoms with Gasteiger partial charge in [-0.25, -0.2) is 0 Å². The van der Waals surface area contributed by atoms with Crippen LogP contribution < -0.4 is 10.6 Å². The van der Waals surface area contributed by atoms with Crippen molar-refractivity contribution in [1.29, 1.82) is 0 Å². The molecule has 0 aliphatic carbocycles. The van der Waals surface area contributed by atoms with Crippen LogP contribution in [0.4, 0.5) is 0 Å². The van der Waals surface area contributed by atoms with Gasteiger partial charge in [0.05, 0.1) is 16.1 Å². The third kappa shape index (κ3) is 4.20. The van der Waals surface area contributed by atoms with Crippen LogP contribution in [-0.4, -0.2) is 20.7 Å². The Labute approximate surface area is 157 Å². The fourth-order valence-corrected chi connectivity index (χ4v) is 8.42. The van der Waals surface area contributed by atoms with Crippen molar-refractivity contribution in [1.82, 2.24) is 4.57 Å². The summed E-state index contributed by atoms with van der Waals surface area (Å²) >= 11 is 0. The smallest absolute Gasteiger partial charge is 0.0993 e. The van der Waals surface area contributed by atoms with Gasteiger partial charge in [-0.15, -0.1) is 0 Å². The Morgan fingerprint density at radius 3 is 1.40 bits per heavy atom. The van der Waals surface area contributed by atoms with E-state index in [2.05, 4.69) is 88.0 Å². The molecule has 0 amide bonds. The molecule has 1 heterocycles. The lowest BCUT2D eigenvalue weighted by atomic mass is 10.1. The molecule has 0 bridgehead atoms. The summed E-state index contributed by atoms with van der Waals surface area (Å²) in [7, 11) is -2.95. The van der Waals surface area contributed by atoms with Gasteiger partial charge in [0.1, 0.15) is 0 Å². The molecule has 138 valence electrons. The van der Waals surface area contributed by atoms with Crippen molar-refractivity contribution in [2.24, 2.45) is 0 Å². The Morgan fingerprint density at radius 1 is 0.680 bits per heavy atom. The molecule has 0 unspecified atom stereocenters. The van der Waals surface area contributed by atoms with Crippen molar-refractivity contribution >= 4 is 26.8 Å². The lowest BCUT2D eigenvalue weighted by Crippen LogP contribution is -2.51. The van der Waals surface area contributed by atoms with Crippen LogP contribution in [0.25, 0.3) is 5.69 Å². The second-order valence-electron chi connectivity index (χ2n) is 9.33. The highest BCUT2D eigenvalue weighted by molar-refractivity contribution is 6.91. The average molecular weight is 372 g/mol. The van der Waals surface area contributed by atoms with Gasteiger partial charge < -0.3 is 4.57 Å². The Balaban J connectivity index is 2.97. The van der Waals surface area contributed by atoms with Crippen molar-refractivity contribution < 1.29 is 0 Å². The first kappa shape index (κ1) is 20.2. The Morgan fingerprint density at radius 2 is 1.08 bits per heavy atom. The summed E-state index contributed by atoms with van der Waals surface area (Å²) in [6, 6.07) is 11.1. The minimum absolute atomic E-state index is 1.23. The van der Waals surface area contributed by atoms with E-state index in [1.54, 1.807) is 21.8 Å². The number of hydrogen-bond donors (Lipinski definition) is 0. The van der Waals surface area contributed by atoms with Crippen LogP contribution in [0, 0.1) is 0 Å². The summed E-state index contributed by atoms with van der Waals surface area (Å²) in [5, 5.41) is 3.36. The third-order valence-electron chi connectivity index (χ3n) is 4.82. The summed E-state index contributed by atoms with van der Waals surface area (Å²) in [6.07, 6.45) is 4.93. The van der Waals surface area contributed by atoms with Crippen LogP contribution in [0.15, 0.2) is 30.3 Å². The molecule has 1 aromatic heterocycles. The van der Waals surface area contributed by atoms with E-state index in [0.29, 0.717) is 0 Å². The van der Waals surface area contributed by atoms with Crippen molar-refractivity contribution in [2.75, 3.05) is 0 Å². The maximum atomic E-state index is 2.72. The van der Waals surface area contributed by atoms with Gasteiger partial charge in [0.15, 0.2) is 0 Å². The summed E-state index contributed by atoms with van der Waals surface area (Å²) in [6.45, 7) is 19.8. The molecule has 0 saturated carbocycles.